The SMILES string of the molecule is COc1ncc(-c2ccccc2N2CCN(C(=O)CN=Cc3ccccc3N)CC2)cn1. The van der Waals surface area contributed by atoms with Crippen LogP contribution in [-0.4, -0.2) is 66.8 Å². The number of nitrogens with two attached hydrogens (primary N) is 1. The molecule has 0 atom stereocenters. The lowest BCUT2D eigenvalue weighted by Gasteiger charge is -2.36. The number of rotatable bonds is 6. The van der Waals surface area contributed by atoms with Crippen molar-refractivity contribution in [2.75, 3.05) is 50.5 Å². The summed E-state index contributed by atoms with van der Waals surface area (Å²) in [5, 5.41) is 0. The average Bonchev–Trinajstić information content (AvgIpc) is 2.85. The van der Waals surface area contributed by atoms with Crippen LogP contribution in [0.25, 0.3) is 11.1 Å². The molecule has 4 rings (SSSR count). The monoisotopic (exact) mass is 430 g/mol. The summed E-state index contributed by atoms with van der Waals surface area (Å²) in [7, 11) is 1.55. The first kappa shape index (κ1) is 21.3. The largest absolute Gasteiger partial charge is 0.467 e. The molecule has 1 fully saturated rings. The van der Waals surface area contributed by atoms with Crippen molar-refractivity contribution in [2.24, 2.45) is 4.99 Å². The molecule has 0 radical (unpaired) electrons. The van der Waals surface area contributed by atoms with Gasteiger partial charge >= 0.3 is 6.01 Å². The highest BCUT2D eigenvalue weighted by Crippen LogP contribution is 2.31. The third kappa shape index (κ3) is 4.85. The molecule has 0 spiro atoms. The van der Waals surface area contributed by atoms with Crippen LogP contribution in [0.2, 0.25) is 0 Å². The molecule has 8 heteroatoms. The minimum absolute atomic E-state index is 0.0206. The number of para-hydroxylation sites is 2. The summed E-state index contributed by atoms with van der Waals surface area (Å²) in [4.78, 5) is 29.5. The number of nitrogens with zero attached hydrogens (tertiary/aromatic N) is 5. The fourth-order valence-electron chi connectivity index (χ4n) is 3.70. The third-order valence-electron chi connectivity index (χ3n) is 5.45. The Balaban J connectivity index is 1.37. The number of hydrogen-bond acceptors (Lipinski definition) is 7. The Morgan fingerprint density at radius 3 is 2.47 bits per heavy atom. The van der Waals surface area contributed by atoms with Crippen molar-refractivity contribution in [2.45, 2.75) is 0 Å². The summed E-state index contributed by atoms with van der Waals surface area (Å²) in [5.74, 6) is 0.0206. The normalized spacial score (nSPS) is 14.0. The summed E-state index contributed by atoms with van der Waals surface area (Å²) in [6.45, 7) is 2.91. The number of aromatic nitrogens is 2. The Kier molecular flexibility index (Phi) is 6.60. The predicted octanol–water partition coefficient (Wildman–Crippen LogP) is 2.50. The van der Waals surface area contributed by atoms with E-state index in [-0.39, 0.29) is 12.5 Å². The van der Waals surface area contributed by atoms with Gasteiger partial charge in [0, 0.05) is 72.9 Å². The van der Waals surface area contributed by atoms with Gasteiger partial charge in [0.2, 0.25) is 5.91 Å². The Labute approximate surface area is 187 Å². The van der Waals surface area contributed by atoms with E-state index in [1.54, 1.807) is 25.7 Å². The average molecular weight is 431 g/mol. The van der Waals surface area contributed by atoms with Gasteiger partial charge in [0.1, 0.15) is 6.54 Å². The summed E-state index contributed by atoms with van der Waals surface area (Å²) in [6, 6.07) is 16.0. The van der Waals surface area contributed by atoms with E-state index in [1.807, 2.05) is 41.3 Å². The number of carbonyl (C=O) groups is 1. The summed E-state index contributed by atoms with van der Waals surface area (Å²) >= 11 is 0. The first-order chi connectivity index (χ1) is 15.7. The fraction of sp³-hybridized carbons (Fsp3) is 0.250. The molecule has 3 aromatic rings. The molecule has 1 aromatic heterocycles. The Hall–Kier alpha value is -3.94. The van der Waals surface area contributed by atoms with E-state index in [9.17, 15) is 4.79 Å². The van der Waals surface area contributed by atoms with Gasteiger partial charge in [-0.15, -0.1) is 0 Å². The van der Waals surface area contributed by atoms with E-state index in [2.05, 4.69) is 32.0 Å². The first-order valence-electron chi connectivity index (χ1n) is 10.5. The van der Waals surface area contributed by atoms with Crippen molar-refractivity contribution in [3.8, 4) is 17.1 Å². The molecule has 32 heavy (non-hydrogen) atoms. The van der Waals surface area contributed by atoms with Crippen molar-refractivity contribution in [1.29, 1.82) is 0 Å². The van der Waals surface area contributed by atoms with Gasteiger partial charge in [0.05, 0.1) is 7.11 Å². The topological polar surface area (TPSA) is 96.9 Å². The molecule has 1 aliphatic heterocycles. The Bertz CT molecular complexity index is 1090. The lowest BCUT2D eigenvalue weighted by atomic mass is 10.1. The number of hydrogen-bond donors (Lipinski definition) is 1. The van der Waals surface area contributed by atoms with Crippen LogP contribution in [0.15, 0.2) is 65.9 Å². The second-order valence-electron chi connectivity index (χ2n) is 7.44. The third-order valence-corrected chi connectivity index (χ3v) is 5.45. The molecular formula is C24H26N6O2. The van der Waals surface area contributed by atoms with E-state index < -0.39 is 0 Å². The molecule has 164 valence electrons. The highest BCUT2D eigenvalue weighted by Gasteiger charge is 2.22. The maximum absolute atomic E-state index is 12.6. The minimum Gasteiger partial charge on any atom is -0.467 e. The minimum atomic E-state index is 0.0206. The number of methoxy groups -OCH3 is 1. The van der Waals surface area contributed by atoms with Crippen LogP contribution in [-0.2, 0) is 4.79 Å². The molecule has 0 unspecified atom stereocenters. The number of nitrogen functional groups attached to an aromatic ring is 1. The van der Waals surface area contributed by atoms with Crippen LogP contribution in [0, 0.1) is 0 Å². The predicted molar refractivity (Wildman–Crippen MR) is 126 cm³/mol. The molecule has 2 N–H and O–H groups in total. The fourth-order valence-corrected chi connectivity index (χ4v) is 3.70. The summed E-state index contributed by atoms with van der Waals surface area (Å²) in [5.41, 5.74) is 10.5. The second-order valence-corrected chi connectivity index (χ2v) is 7.44. The number of carbonyl (C=O) groups excluding carboxylic acids is 1. The summed E-state index contributed by atoms with van der Waals surface area (Å²) in [6.07, 6.45) is 5.19. The zero-order valence-corrected chi connectivity index (χ0v) is 18.0. The van der Waals surface area contributed by atoms with Gasteiger partial charge in [0.25, 0.3) is 0 Å². The quantitative estimate of drug-likeness (QED) is 0.477. The maximum atomic E-state index is 12.6. The van der Waals surface area contributed by atoms with Crippen LogP contribution in [0.3, 0.4) is 0 Å². The highest BCUT2D eigenvalue weighted by atomic mass is 16.5. The van der Waals surface area contributed by atoms with E-state index >= 15 is 0 Å². The van der Waals surface area contributed by atoms with Crippen LogP contribution in [0.4, 0.5) is 11.4 Å². The molecule has 2 heterocycles. The standard InChI is InChI=1S/C24H26N6O2/c1-32-24-27-15-19(16-28-24)20-7-3-5-9-22(20)29-10-12-30(13-11-29)23(31)17-26-14-18-6-2-4-8-21(18)25/h2-9,14-16H,10-13,17,25H2,1H3. The van der Waals surface area contributed by atoms with Gasteiger partial charge in [-0.05, 0) is 12.1 Å². The van der Waals surface area contributed by atoms with Gasteiger partial charge < -0.3 is 20.3 Å². The number of anilines is 2. The van der Waals surface area contributed by atoms with Gasteiger partial charge in [-0.25, -0.2) is 9.97 Å². The zero-order valence-electron chi connectivity index (χ0n) is 18.0. The Morgan fingerprint density at radius 1 is 1.06 bits per heavy atom. The molecule has 2 aromatic carbocycles. The maximum Gasteiger partial charge on any atom is 0.316 e. The van der Waals surface area contributed by atoms with Crippen LogP contribution >= 0.6 is 0 Å². The van der Waals surface area contributed by atoms with Gasteiger partial charge in [0.15, 0.2) is 0 Å². The van der Waals surface area contributed by atoms with E-state index in [1.165, 1.54) is 0 Å². The van der Waals surface area contributed by atoms with Crippen molar-refractivity contribution in [3.63, 3.8) is 0 Å². The number of aliphatic imine (C=N–C) groups is 1. The van der Waals surface area contributed by atoms with Crippen molar-refractivity contribution in [3.05, 3.63) is 66.5 Å². The van der Waals surface area contributed by atoms with Crippen LogP contribution in [0.1, 0.15) is 5.56 Å². The number of benzene rings is 2. The van der Waals surface area contributed by atoms with Crippen molar-refractivity contribution < 1.29 is 9.53 Å². The molecule has 1 saturated heterocycles. The number of ether oxygens (including phenoxy) is 1. The smallest absolute Gasteiger partial charge is 0.316 e. The van der Waals surface area contributed by atoms with Crippen LogP contribution < -0.4 is 15.4 Å². The van der Waals surface area contributed by atoms with E-state index in [0.717, 1.165) is 35.5 Å². The molecular weight excluding hydrogens is 404 g/mol. The lowest BCUT2D eigenvalue weighted by Crippen LogP contribution is -2.49. The molecule has 1 aliphatic rings. The first-order valence-corrected chi connectivity index (χ1v) is 10.5. The zero-order chi connectivity index (χ0) is 22.3. The molecule has 0 saturated carbocycles. The van der Waals surface area contributed by atoms with Gasteiger partial charge in [-0.3, -0.25) is 9.79 Å². The molecule has 0 bridgehead atoms. The number of piperazine rings is 1. The van der Waals surface area contributed by atoms with Gasteiger partial charge in [-0.1, -0.05) is 36.4 Å². The molecule has 0 aliphatic carbocycles. The lowest BCUT2D eigenvalue weighted by molar-refractivity contribution is -0.129. The van der Waals surface area contributed by atoms with Crippen molar-refractivity contribution >= 4 is 23.5 Å². The van der Waals surface area contributed by atoms with Crippen molar-refractivity contribution in [1.82, 2.24) is 14.9 Å². The Morgan fingerprint density at radius 2 is 1.75 bits per heavy atom. The molecule has 1 amide bonds. The van der Waals surface area contributed by atoms with E-state index in [4.69, 9.17) is 10.5 Å². The second kappa shape index (κ2) is 9.91. The van der Waals surface area contributed by atoms with Crippen LogP contribution in [0.5, 0.6) is 6.01 Å². The summed E-state index contributed by atoms with van der Waals surface area (Å²) < 4.78 is 5.06. The highest BCUT2D eigenvalue weighted by molar-refractivity contribution is 5.89. The molecule has 8 nitrogen and oxygen atoms in total. The van der Waals surface area contributed by atoms with E-state index in [0.29, 0.717) is 24.8 Å². The number of amides is 1. The van der Waals surface area contributed by atoms with Gasteiger partial charge in [-0.2, -0.15) is 0 Å².